The van der Waals surface area contributed by atoms with Gasteiger partial charge in [0, 0.05) is 0 Å². The summed E-state index contributed by atoms with van der Waals surface area (Å²) >= 11 is 1.59. The SMILES string of the molecule is CSc1nc(C)cn1N=Cc1ccccc1. The van der Waals surface area contributed by atoms with E-state index in [1.165, 1.54) is 0 Å². The zero-order chi connectivity index (χ0) is 11.4. The molecule has 2 aromatic rings. The van der Waals surface area contributed by atoms with Gasteiger partial charge in [0.25, 0.3) is 0 Å². The molecular weight excluding hydrogens is 218 g/mol. The summed E-state index contributed by atoms with van der Waals surface area (Å²) < 4.78 is 1.80. The van der Waals surface area contributed by atoms with Crippen LogP contribution in [0, 0.1) is 6.92 Å². The van der Waals surface area contributed by atoms with Gasteiger partial charge in [-0.05, 0) is 18.7 Å². The molecule has 0 amide bonds. The van der Waals surface area contributed by atoms with Crippen LogP contribution in [0.25, 0.3) is 0 Å². The third-order valence-electron chi connectivity index (χ3n) is 2.09. The van der Waals surface area contributed by atoms with Gasteiger partial charge in [-0.15, -0.1) is 0 Å². The van der Waals surface area contributed by atoms with E-state index in [9.17, 15) is 0 Å². The van der Waals surface area contributed by atoms with Crippen LogP contribution in [0.4, 0.5) is 0 Å². The predicted molar refractivity (Wildman–Crippen MR) is 68.2 cm³/mol. The van der Waals surface area contributed by atoms with Crippen molar-refractivity contribution in [1.29, 1.82) is 0 Å². The van der Waals surface area contributed by atoms with Crippen LogP contribution in [0.5, 0.6) is 0 Å². The third kappa shape index (κ3) is 2.52. The van der Waals surface area contributed by atoms with Crippen LogP contribution in [0.1, 0.15) is 11.3 Å². The smallest absolute Gasteiger partial charge is 0.188 e. The minimum absolute atomic E-state index is 0.907. The summed E-state index contributed by atoms with van der Waals surface area (Å²) in [6, 6.07) is 10.0. The molecule has 0 aliphatic rings. The summed E-state index contributed by atoms with van der Waals surface area (Å²) in [5, 5.41) is 5.28. The largest absolute Gasteiger partial charge is 0.226 e. The Morgan fingerprint density at radius 1 is 1.31 bits per heavy atom. The first-order chi connectivity index (χ1) is 7.79. The van der Waals surface area contributed by atoms with E-state index < -0.39 is 0 Å². The molecule has 0 saturated heterocycles. The van der Waals surface area contributed by atoms with Crippen molar-refractivity contribution >= 4 is 18.0 Å². The fourth-order valence-electron chi connectivity index (χ4n) is 1.35. The maximum Gasteiger partial charge on any atom is 0.188 e. The van der Waals surface area contributed by atoms with Crippen molar-refractivity contribution in [2.75, 3.05) is 6.26 Å². The van der Waals surface area contributed by atoms with Gasteiger partial charge in [-0.25, -0.2) is 9.66 Å². The summed E-state index contributed by atoms with van der Waals surface area (Å²) in [5.41, 5.74) is 2.07. The number of hydrogen-bond donors (Lipinski definition) is 0. The number of benzene rings is 1. The van der Waals surface area contributed by atoms with Gasteiger partial charge in [-0.2, -0.15) is 5.10 Å². The van der Waals surface area contributed by atoms with E-state index >= 15 is 0 Å². The lowest BCUT2D eigenvalue weighted by atomic mass is 10.2. The molecule has 16 heavy (non-hydrogen) atoms. The third-order valence-corrected chi connectivity index (χ3v) is 2.73. The molecule has 0 aliphatic heterocycles. The Hall–Kier alpha value is -1.55. The molecule has 1 aromatic heterocycles. The number of aromatic nitrogens is 2. The van der Waals surface area contributed by atoms with Gasteiger partial charge in [-0.3, -0.25) is 0 Å². The maximum absolute atomic E-state index is 4.38. The zero-order valence-corrected chi connectivity index (χ0v) is 10.1. The van der Waals surface area contributed by atoms with Crippen LogP contribution in [0.15, 0.2) is 46.8 Å². The number of aryl methyl sites for hydroxylation is 1. The molecule has 0 N–H and O–H groups in total. The van der Waals surface area contributed by atoms with E-state index in [2.05, 4.69) is 10.1 Å². The number of hydrogen-bond acceptors (Lipinski definition) is 3. The number of nitrogens with zero attached hydrogens (tertiary/aromatic N) is 3. The average Bonchev–Trinajstić information content (AvgIpc) is 2.68. The van der Waals surface area contributed by atoms with Crippen molar-refractivity contribution in [2.45, 2.75) is 12.1 Å². The monoisotopic (exact) mass is 231 g/mol. The summed E-state index contributed by atoms with van der Waals surface area (Å²) in [6.07, 6.45) is 5.75. The Labute approximate surface area is 99.2 Å². The average molecular weight is 231 g/mol. The molecule has 1 heterocycles. The van der Waals surface area contributed by atoms with Crippen molar-refractivity contribution in [1.82, 2.24) is 9.66 Å². The van der Waals surface area contributed by atoms with Crippen molar-refractivity contribution in [3.05, 3.63) is 47.8 Å². The second kappa shape index (κ2) is 4.99. The Morgan fingerprint density at radius 3 is 2.75 bits per heavy atom. The summed E-state index contributed by atoms with van der Waals surface area (Å²) in [4.78, 5) is 4.35. The molecule has 82 valence electrons. The Kier molecular flexibility index (Phi) is 3.41. The van der Waals surface area contributed by atoms with Crippen LogP contribution in [-0.4, -0.2) is 22.1 Å². The van der Waals surface area contributed by atoms with Crippen molar-refractivity contribution in [3.8, 4) is 0 Å². The van der Waals surface area contributed by atoms with E-state index in [-0.39, 0.29) is 0 Å². The lowest BCUT2D eigenvalue weighted by Gasteiger charge is -1.96. The van der Waals surface area contributed by atoms with Gasteiger partial charge in [0.1, 0.15) is 0 Å². The van der Waals surface area contributed by atoms with Crippen LogP contribution < -0.4 is 0 Å². The predicted octanol–water partition coefficient (Wildman–Crippen LogP) is 2.80. The molecule has 3 nitrogen and oxygen atoms in total. The molecule has 0 bridgehead atoms. The van der Waals surface area contributed by atoms with Crippen molar-refractivity contribution in [2.24, 2.45) is 5.10 Å². The van der Waals surface area contributed by atoms with Gasteiger partial charge < -0.3 is 0 Å². The lowest BCUT2D eigenvalue weighted by Crippen LogP contribution is -1.90. The maximum atomic E-state index is 4.38. The standard InChI is InChI=1S/C12H13N3S/c1-10-9-15(12(14-10)16-2)13-8-11-6-4-3-5-7-11/h3-9H,1-2H3. The van der Waals surface area contributed by atoms with E-state index in [0.717, 1.165) is 16.4 Å². The van der Waals surface area contributed by atoms with Crippen LogP contribution >= 0.6 is 11.8 Å². The van der Waals surface area contributed by atoms with Crippen LogP contribution in [0.2, 0.25) is 0 Å². The molecule has 4 heteroatoms. The number of imidazole rings is 1. The number of rotatable bonds is 3. The molecular formula is C12H13N3S. The Balaban J connectivity index is 2.23. The van der Waals surface area contributed by atoms with Crippen LogP contribution in [0.3, 0.4) is 0 Å². The Morgan fingerprint density at radius 2 is 2.06 bits per heavy atom. The topological polar surface area (TPSA) is 30.2 Å². The van der Waals surface area contributed by atoms with Gasteiger partial charge in [0.05, 0.1) is 18.1 Å². The summed E-state index contributed by atoms with van der Waals surface area (Å²) in [7, 11) is 0. The highest BCUT2D eigenvalue weighted by molar-refractivity contribution is 7.98. The van der Waals surface area contributed by atoms with E-state index in [1.54, 1.807) is 16.4 Å². The van der Waals surface area contributed by atoms with Gasteiger partial charge >= 0.3 is 0 Å². The minimum Gasteiger partial charge on any atom is -0.226 e. The van der Waals surface area contributed by atoms with E-state index in [0.29, 0.717) is 0 Å². The second-order valence-electron chi connectivity index (χ2n) is 3.37. The highest BCUT2D eigenvalue weighted by Gasteiger charge is 2.01. The number of thioether (sulfide) groups is 1. The zero-order valence-electron chi connectivity index (χ0n) is 9.29. The Bertz CT molecular complexity index is 488. The minimum atomic E-state index is 0.907. The lowest BCUT2D eigenvalue weighted by molar-refractivity contribution is 0.769. The fraction of sp³-hybridized carbons (Fsp3) is 0.167. The summed E-state index contributed by atoms with van der Waals surface area (Å²) in [6.45, 7) is 1.97. The first kappa shape index (κ1) is 11.0. The fourth-order valence-corrected chi connectivity index (χ4v) is 1.88. The van der Waals surface area contributed by atoms with Gasteiger partial charge in [0.2, 0.25) is 0 Å². The molecule has 0 saturated carbocycles. The first-order valence-electron chi connectivity index (χ1n) is 4.99. The molecule has 0 atom stereocenters. The highest BCUT2D eigenvalue weighted by atomic mass is 32.2. The normalized spacial score (nSPS) is 11.1. The molecule has 0 spiro atoms. The molecule has 0 fully saturated rings. The van der Waals surface area contributed by atoms with Crippen LogP contribution in [-0.2, 0) is 0 Å². The van der Waals surface area contributed by atoms with E-state index in [4.69, 9.17) is 0 Å². The molecule has 1 aromatic carbocycles. The highest BCUT2D eigenvalue weighted by Crippen LogP contribution is 2.13. The first-order valence-corrected chi connectivity index (χ1v) is 6.21. The molecule has 2 rings (SSSR count). The quantitative estimate of drug-likeness (QED) is 0.600. The van der Waals surface area contributed by atoms with Crippen molar-refractivity contribution < 1.29 is 0 Å². The molecule has 0 radical (unpaired) electrons. The van der Waals surface area contributed by atoms with Gasteiger partial charge in [-0.1, -0.05) is 42.1 Å². The van der Waals surface area contributed by atoms with Crippen molar-refractivity contribution in [3.63, 3.8) is 0 Å². The van der Waals surface area contributed by atoms with E-state index in [1.807, 2.05) is 55.9 Å². The molecule has 0 aliphatic carbocycles. The summed E-state index contributed by atoms with van der Waals surface area (Å²) in [5.74, 6) is 0. The molecule has 0 unspecified atom stereocenters. The second-order valence-corrected chi connectivity index (χ2v) is 4.14. The van der Waals surface area contributed by atoms with Gasteiger partial charge in [0.15, 0.2) is 5.16 Å².